The van der Waals surface area contributed by atoms with Crippen LogP contribution in [0.4, 0.5) is 5.69 Å². The van der Waals surface area contributed by atoms with Gasteiger partial charge in [-0.2, -0.15) is 0 Å². The van der Waals surface area contributed by atoms with E-state index in [0.717, 1.165) is 30.6 Å². The summed E-state index contributed by atoms with van der Waals surface area (Å²) in [4.78, 5) is 33.4. The number of nitrogens with zero attached hydrogens (tertiary/aromatic N) is 3. The van der Waals surface area contributed by atoms with Gasteiger partial charge in [0.15, 0.2) is 0 Å². The Kier molecular flexibility index (Phi) is 5.23. The molecule has 2 heterocycles. The third kappa shape index (κ3) is 4.32. The first-order valence-corrected chi connectivity index (χ1v) is 8.31. The highest BCUT2D eigenvalue weighted by atomic mass is 16.2. The van der Waals surface area contributed by atoms with E-state index in [4.69, 9.17) is 5.73 Å². The molecule has 1 aliphatic heterocycles. The van der Waals surface area contributed by atoms with Crippen molar-refractivity contribution in [1.29, 1.82) is 0 Å². The summed E-state index contributed by atoms with van der Waals surface area (Å²) in [5.74, 6) is -0.565. The lowest BCUT2D eigenvalue weighted by Gasteiger charge is -2.33. The molecule has 1 saturated heterocycles. The van der Waals surface area contributed by atoms with Crippen molar-refractivity contribution in [1.82, 2.24) is 15.3 Å². The smallest absolute Gasteiger partial charge is 0.271 e. The summed E-state index contributed by atoms with van der Waals surface area (Å²) < 4.78 is 0. The Bertz CT molecular complexity index is 733. The second-order valence-corrected chi connectivity index (χ2v) is 6.13. The van der Waals surface area contributed by atoms with Gasteiger partial charge in [-0.15, -0.1) is 0 Å². The fourth-order valence-electron chi connectivity index (χ4n) is 2.96. The average Bonchev–Trinajstić information content (AvgIpc) is 2.67. The molecule has 130 valence electrons. The van der Waals surface area contributed by atoms with Crippen LogP contribution in [0.5, 0.6) is 0 Å². The highest BCUT2D eigenvalue weighted by Crippen LogP contribution is 2.23. The number of benzene rings is 1. The first-order valence-electron chi connectivity index (χ1n) is 8.31. The Morgan fingerprint density at radius 1 is 1.24 bits per heavy atom. The van der Waals surface area contributed by atoms with Gasteiger partial charge in [-0.3, -0.25) is 14.6 Å². The normalized spacial score (nSPS) is 17.1. The van der Waals surface area contributed by atoms with Gasteiger partial charge in [0.05, 0.1) is 12.1 Å². The van der Waals surface area contributed by atoms with Crippen molar-refractivity contribution < 1.29 is 9.59 Å². The molecule has 0 unspecified atom stereocenters. The van der Waals surface area contributed by atoms with E-state index in [2.05, 4.69) is 20.2 Å². The number of hydrogen-bond acceptors (Lipinski definition) is 5. The summed E-state index contributed by atoms with van der Waals surface area (Å²) in [6, 6.07) is 7.96. The maximum atomic E-state index is 12.0. The molecule has 1 aromatic carbocycles. The molecule has 7 nitrogen and oxygen atoms in total. The maximum absolute atomic E-state index is 12.0. The quantitative estimate of drug-likeness (QED) is 0.850. The maximum Gasteiger partial charge on any atom is 0.271 e. The molecule has 0 aliphatic carbocycles. The van der Waals surface area contributed by atoms with Gasteiger partial charge in [0.2, 0.25) is 5.91 Å². The number of carbonyl (C=O) groups is 2. The number of amides is 2. The topological polar surface area (TPSA) is 101 Å². The van der Waals surface area contributed by atoms with Crippen molar-refractivity contribution >= 4 is 17.5 Å². The van der Waals surface area contributed by atoms with E-state index in [1.54, 1.807) is 0 Å². The van der Waals surface area contributed by atoms with Crippen molar-refractivity contribution in [3.05, 3.63) is 54.1 Å². The number of hydrogen-bond donors (Lipinski definition) is 2. The van der Waals surface area contributed by atoms with Gasteiger partial charge < -0.3 is 16.0 Å². The van der Waals surface area contributed by atoms with Crippen molar-refractivity contribution in [3.8, 4) is 0 Å². The monoisotopic (exact) mass is 339 g/mol. The van der Waals surface area contributed by atoms with Crippen molar-refractivity contribution in [3.63, 3.8) is 0 Å². The van der Waals surface area contributed by atoms with E-state index in [-0.39, 0.29) is 17.7 Å². The van der Waals surface area contributed by atoms with Crippen LogP contribution in [0.25, 0.3) is 0 Å². The van der Waals surface area contributed by atoms with Crippen LogP contribution in [0, 0.1) is 5.92 Å². The predicted molar refractivity (Wildman–Crippen MR) is 93.8 cm³/mol. The van der Waals surface area contributed by atoms with Crippen LogP contribution >= 0.6 is 0 Å². The van der Waals surface area contributed by atoms with Crippen LogP contribution in [0.2, 0.25) is 0 Å². The molecule has 0 saturated carbocycles. The van der Waals surface area contributed by atoms with E-state index in [1.165, 1.54) is 18.6 Å². The van der Waals surface area contributed by atoms with E-state index < -0.39 is 0 Å². The zero-order valence-corrected chi connectivity index (χ0v) is 13.9. The van der Waals surface area contributed by atoms with Crippen molar-refractivity contribution in [2.24, 2.45) is 11.7 Å². The summed E-state index contributed by atoms with van der Waals surface area (Å²) in [6.45, 7) is 2.00. The van der Waals surface area contributed by atoms with Crippen LogP contribution < -0.4 is 16.0 Å². The average molecular weight is 339 g/mol. The lowest BCUT2D eigenvalue weighted by atomic mass is 9.97. The molecule has 3 rings (SSSR count). The highest BCUT2D eigenvalue weighted by molar-refractivity contribution is 5.91. The Hall–Kier alpha value is -2.96. The molecular weight excluding hydrogens is 318 g/mol. The number of piperidine rings is 1. The number of rotatable bonds is 5. The zero-order chi connectivity index (χ0) is 17.6. The fraction of sp³-hybridized carbons (Fsp3) is 0.333. The van der Waals surface area contributed by atoms with Crippen LogP contribution in [0.3, 0.4) is 0 Å². The highest BCUT2D eigenvalue weighted by Gasteiger charge is 2.24. The predicted octanol–water partition coefficient (Wildman–Crippen LogP) is 1.11. The van der Waals surface area contributed by atoms with Gasteiger partial charge in [0, 0.05) is 37.7 Å². The number of anilines is 1. The molecule has 1 aromatic heterocycles. The van der Waals surface area contributed by atoms with Gasteiger partial charge >= 0.3 is 0 Å². The summed E-state index contributed by atoms with van der Waals surface area (Å²) in [7, 11) is 0. The first-order chi connectivity index (χ1) is 12.1. The molecule has 25 heavy (non-hydrogen) atoms. The fourth-order valence-corrected chi connectivity index (χ4v) is 2.96. The van der Waals surface area contributed by atoms with E-state index in [1.807, 2.05) is 24.3 Å². The second-order valence-electron chi connectivity index (χ2n) is 6.13. The lowest BCUT2D eigenvalue weighted by Crippen LogP contribution is -2.41. The number of primary amides is 1. The van der Waals surface area contributed by atoms with Gasteiger partial charge in [-0.1, -0.05) is 12.1 Å². The first kappa shape index (κ1) is 16.9. The van der Waals surface area contributed by atoms with E-state index in [9.17, 15) is 9.59 Å². The van der Waals surface area contributed by atoms with Gasteiger partial charge in [-0.25, -0.2) is 4.98 Å². The van der Waals surface area contributed by atoms with Crippen molar-refractivity contribution in [2.45, 2.75) is 19.4 Å². The van der Waals surface area contributed by atoms with E-state index >= 15 is 0 Å². The minimum atomic E-state index is -0.252. The second kappa shape index (κ2) is 7.74. The molecule has 2 amide bonds. The van der Waals surface area contributed by atoms with Crippen LogP contribution in [-0.4, -0.2) is 34.9 Å². The Balaban J connectivity index is 1.57. The Labute approximate surface area is 146 Å². The minimum absolute atomic E-state index is 0.0836. The molecule has 0 radical (unpaired) electrons. The third-order valence-electron chi connectivity index (χ3n) is 4.37. The SMILES string of the molecule is NC(=O)[C@@H]1CCCN(c2ccc(CNC(=O)c3cnccn3)cc2)C1. The van der Waals surface area contributed by atoms with Gasteiger partial charge in [0.1, 0.15) is 5.69 Å². The number of carbonyl (C=O) groups excluding carboxylic acids is 2. The Morgan fingerprint density at radius 2 is 2.04 bits per heavy atom. The minimum Gasteiger partial charge on any atom is -0.371 e. The molecule has 1 aliphatic rings. The zero-order valence-electron chi connectivity index (χ0n) is 13.9. The molecular formula is C18H21N5O2. The summed E-state index contributed by atoms with van der Waals surface area (Å²) in [5, 5.41) is 2.82. The number of aromatic nitrogens is 2. The summed E-state index contributed by atoms with van der Waals surface area (Å²) in [6.07, 6.45) is 6.27. The molecule has 1 fully saturated rings. The largest absolute Gasteiger partial charge is 0.371 e. The van der Waals surface area contributed by atoms with Crippen LogP contribution in [-0.2, 0) is 11.3 Å². The van der Waals surface area contributed by atoms with Gasteiger partial charge in [-0.05, 0) is 30.5 Å². The molecule has 0 spiro atoms. The summed E-state index contributed by atoms with van der Waals surface area (Å²) in [5.41, 5.74) is 7.78. The van der Waals surface area contributed by atoms with E-state index in [0.29, 0.717) is 18.8 Å². The Morgan fingerprint density at radius 3 is 2.72 bits per heavy atom. The van der Waals surface area contributed by atoms with Crippen LogP contribution in [0.1, 0.15) is 28.9 Å². The molecule has 1 atom stereocenters. The standard InChI is InChI=1S/C18H21N5O2/c19-17(24)14-2-1-9-23(12-14)15-5-3-13(4-6-15)10-22-18(25)16-11-20-7-8-21-16/h3-8,11,14H,1-2,9-10,12H2,(H2,19,24)(H,22,25)/t14-/m1/s1. The van der Waals surface area contributed by atoms with Crippen molar-refractivity contribution in [2.75, 3.05) is 18.0 Å². The molecule has 3 N–H and O–H groups in total. The molecule has 7 heteroatoms. The lowest BCUT2D eigenvalue weighted by molar-refractivity contribution is -0.122. The third-order valence-corrected chi connectivity index (χ3v) is 4.37. The van der Waals surface area contributed by atoms with Gasteiger partial charge in [0.25, 0.3) is 5.91 Å². The van der Waals surface area contributed by atoms with Crippen LogP contribution in [0.15, 0.2) is 42.9 Å². The number of nitrogens with two attached hydrogens (primary N) is 1. The number of nitrogens with one attached hydrogen (secondary N) is 1. The molecule has 0 bridgehead atoms. The summed E-state index contributed by atoms with van der Waals surface area (Å²) >= 11 is 0. The molecule has 2 aromatic rings.